The quantitative estimate of drug-likeness (QED) is 0.206. The lowest BCUT2D eigenvalue weighted by Crippen LogP contribution is -2.63. The zero-order chi connectivity index (χ0) is 29.8. The lowest BCUT2D eigenvalue weighted by atomic mass is 9.62. The van der Waals surface area contributed by atoms with Crippen molar-refractivity contribution in [2.45, 2.75) is 101 Å². The van der Waals surface area contributed by atoms with Crippen LogP contribution in [0.15, 0.2) is 60.7 Å². The molecule has 2 aliphatic heterocycles. The molecular formula is C38H42N4O2-2. The minimum Gasteiger partial charge on any atom is -0.851 e. The molecular weight excluding hydrogens is 544 g/mol. The Balaban J connectivity index is 1.04. The predicted octanol–water partition coefficient (Wildman–Crippen LogP) is 6.82. The maximum absolute atomic E-state index is 14.1. The Morgan fingerprint density at radius 2 is 0.886 bits per heavy atom. The van der Waals surface area contributed by atoms with Gasteiger partial charge in [-0.3, -0.25) is 0 Å². The number of nitrogens with one attached hydrogen (secondary N) is 4. The van der Waals surface area contributed by atoms with Crippen molar-refractivity contribution in [3.63, 3.8) is 0 Å². The van der Waals surface area contributed by atoms with Crippen LogP contribution in [0.3, 0.4) is 0 Å². The summed E-state index contributed by atoms with van der Waals surface area (Å²) in [6, 6.07) is 21.0. The Morgan fingerprint density at radius 1 is 0.523 bits per heavy atom. The second-order valence-electron chi connectivity index (χ2n) is 14.9. The molecule has 4 aromatic rings. The van der Waals surface area contributed by atoms with Crippen LogP contribution in [0, 0.1) is 11.8 Å². The molecule has 0 amide bonds. The van der Waals surface area contributed by atoms with E-state index in [0.29, 0.717) is 0 Å². The highest BCUT2D eigenvalue weighted by Crippen LogP contribution is 2.53. The smallest absolute Gasteiger partial charge is 0.108 e. The van der Waals surface area contributed by atoms with E-state index in [2.05, 4.69) is 95.8 Å². The van der Waals surface area contributed by atoms with Gasteiger partial charge in [0.15, 0.2) is 0 Å². The van der Waals surface area contributed by atoms with Gasteiger partial charge in [0.2, 0.25) is 0 Å². The van der Waals surface area contributed by atoms with E-state index in [9.17, 15) is 10.2 Å². The molecule has 2 spiro atoms. The number of benzene rings is 4. The van der Waals surface area contributed by atoms with E-state index in [1.165, 1.54) is 25.7 Å². The van der Waals surface area contributed by atoms with Gasteiger partial charge in [0.05, 0.1) is 0 Å². The van der Waals surface area contributed by atoms with Crippen LogP contribution in [0.1, 0.15) is 88.2 Å². The Kier molecular flexibility index (Phi) is 5.81. The highest BCUT2D eigenvalue weighted by atomic mass is 16.3. The minimum atomic E-state index is -0.988. The van der Waals surface area contributed by atoms with Crippen LogP contribution in [0.25, 0.3) is 21.5 Å². The zero-order valence-corrected chi connectivity index (χ0v) is 25.7. The molecule has 0 radical (unpaired) electrons. The summed E-state index contributed by atoms with van der Waals surface area (Å²) >= 11 is 0. The average molecular weight is 587 g/mol. The van der Waals surface area contributed by atoms with Crippen molar-refractivity contribution >= 4 is 44.3 Å². The molecule has 0 aromatic heterocycles. The van der Waals surface area contributed by atoms with E-state index in [0.717, 1.165) is 92.9 Å². The van der Waals surface area contributed by atoms with Gasteiger partial charge >= 0.3 is 0 Å². The zero-order valence-electron chi connectivity index (χ0n) is 25.7. The van der Waals surface area contributed by atoms with Crippen LogP contribution < -0.4 is 31.5 Å². The van der Waals surface area contributed by atoms with Gasteiger partial charge < -0.3 is 31.5 Å². The molecule has 4 aromatic carbocycles. The number of hydrogen-bond donors (Lipinski definition) is 4. The van der Waals surface area contributed by atoms with Gasteiger partial charge in [-0.25, -0.2) is 0 Å². The molecule has 228 valence electrons. The number of rotatable bonds is 2. The van der Waals surface area contributed by atoms with Gasteiger partial charge in [-0.2, -0.15) is 0 Å². The molecule has 3 fully saturated rings. The largest absolute Gasteiger partial charge is 0.851 e. The summed E-state index contributed by atoms with van der Waals surface area (Å²) in [5, 5.41) is 47.9. The fourth-order valence-electron chi connectivity index (χ4n) is 9.34. The predicted molar refractivity (Wildman–Crippen MR) is 176 cm³/mol. The van der Waals surface area contributed by atoms with Gasteiger partial charge in [0.25, 0.3) is 0 Å². The van der Waals surface area contributed by atoms with Crippen LogP contribution >= 0.6 is 0 Å². The molecule has 2 heterocycles. The first-order valence-corrected chi connectivity index (χ1v) is 16.9. The lowest BCUT2D eigenvalue weighted by Gasteiger charge is -2.62. The Bertz CT molecular complexity index is 1620. The highest BCUT2D eigenvalue weighted by Gasteiger charge is 2.43. The Hall–Kier alpha value is -3.48. The molecule has 0 bridgehead atoms. The molecule has 6 heteroatoms. The Morgan fingerprint density at radius 3 is 1.27 bits per heavy atom. The van der Waals surface area contributed by atoms with E-state index in [1.807, 2.05) is 0 Å². The first-order valence-electron chi connectivity index (χ1n) is 16.9. The third-order valence-corrected chi connectivity index (χ3v) is 12.0. The van der Waals surface area contributed by atoms with Gasteiger partial charge in [-0.05, 0) is 121 Å². The van der Waals surface area contributed by atoms with Gasteiger partial charge in [0.1, 0.15) is 11.3 Å². The van der Waals surface area contributed by atoms with Crippen LogP contribution in [-0.2, 0) is 0 Å². The summed E-state index contributed by atoms with van der Waals surface area (Å²) in [5.41, 5.74) is 6.02. The van der Waals surface area contributed by atoms with E-state index in [-0.39, 0.29) is 11.3 Å². The SMILES string of the molecule is CC1CCC2(CC1)Nc1cccc3c(C4C([O-])C(c5ccc6c7c(cccc57)NC5(CCC(C)CC5)N6)C4[O-])ccc(c13)N2. The van der Waals surface area contributed by atoms with Crippen molar-refractivity contribution in [3.8, 4) is 0 Å². The maximum Gasteiger partial charge on any atom is 0.108 e. The topological polar surface area (TPSA) is 94.2 Å². The molecule has 5 aliphatic rings. The molecule has 4 N–H and O–H groups in total. The summed E-state index contributed by atoms with van der Waals surface area (Å²) < 4.78 is 0. The van der Waals surface area contributed by atoms with E-state index >= 15 is 0 Å². The summed E-state index contributed by atoms with van der Waals surface area (Å²) in [7, 11) is 0. The van der Waals surface area contributed by atoms with E-state index < -0.39 is 24.0 Å². The van der Waals surface area contributed by atoms with Crippen molar-refractivity contribution in [3.05, 3.63) is 71.8 Å². The monoisotopic (exact) mass is 586 g/mol. The molecule has 0 atom stereocenters. The Labute approximate surface area is 259 Å². The summed E-state index contributed by atoms with van der Waals surface area (Å²) in [5.74, 6) is 0.382. The first kappa shape index (κ1) is 26.9. The maximum atomic E-state index is 14.1. The molecule has 0 unspecified atom stereocenters. The lowest BCUT2D eigenvalue weighted by molar-refractivity contribution is -0.535. The van der Waals surface area contributed by atoms with Gasteiger partial charge in [-0.15, -0.1) is 12.2 Å². The normalized spacial score (nSPS) is 35.5. The second kappa shape index (κ2) is 9.51. The first-order chi connectivity index (χ1) is 21.3. The molecule has 6 nitrogen and oxygen atoms in total. The van der Waals surface area contributed by atoms with Crippen molar-refractivity contribution in [1.82, 2.24) is 0 Å². The van der Waals surface area contributed by atoms with Crippen LogP contribution in [0.4, 0.5) is 22.7 Å². The van der Waals surface area contributed by atoms with Crippen LogP contribution in [-0.4, -0.2) is 23.5 Å². The summed E-state index contributed by atoms with van der Waals surface area (Å²) in [6.45, 7) is 4.68. The molecule has 0 saturated heterocycles. The van der Waals surface area contributed by atoms with Crippen LogP contribution in [0.2, 0.25) is 0 Å². The molecule has 3 aliphatic carbocycles. The van der Waals surface area contributed by atoms with Gasteiger partial charge in [0, 0.05) is 33.5 Å². The average Bonchev–Trinajstić information content (AvgIpc) is 3.03. The van der Waals surface area contributed by atoms with Crippen molar-refractivity contribution in [2.24, 2.45) is 11.8 Å². The molecule has 9 rings (SSSR count). The number of anilines is 4. The van der Waals surface area contributed by atoms with E-state index in [1.54, 1.807) is 0 Å². The van der Waals surface area contributed by atoms with E-state index in [4.69, 9.17) is 0 Å². The third kappa shape index (κ3) is 3.86. The minimum absolute atomic E-state index is 0.119. The van der Waals surface area contributed by atoms with Crippen LogP contribution in [0.5, 0.6) is 0 Å². The molecule has 44 heavy (non-hydrogen) atoms. The van der Waals surface area contributed by atoms with Crippen molar-refractivity contribution < 1.29 is 10.2 Å². The van der Waals surface area contributed by atoms with Crippen molar-refractivity contribution in [1.29, 1.82) is 0 Å². The van der Waals surface area contributed by atoms with Crippen molar-refractivity contribution in [2.75, 3.05) is 21.3 Å². The van der Waals surface area contributed by atoms with Gasteiger partial charge in [-0.1, -0.05) is 50.2 Å². The fraction of sp³-hybridized carbons (Fsp3) is 0.474. The molecule has 3 saturated carbocycles. The highest BCUT2D eigenvalue weighted by molar-refractivity contribution is 6.08. The second-order valence-corrected chi connectivity index (χ2v) is 14.9. The standard InChI is InChI=1S/C38H42N4O2/c1-21-13-17-37(18-14-21)39-27-7-3-5-23-25(9-11-29(41-37)31(23)27)33-35(43)34(36(33)44)26-10-12-30-32-24(26)6-4-8-28(32)40-38(42-30)19-15-22(2)16-20-38/h3-12,21-22,33-36,39-42H,13-20H2,1-2H3/q-2. The fourth-order valence-corrected chi connectivity index (χ4v) is 9.34. The number of hydrogen-bond acceptors (Lipinski definition) is 6. The summed E-state index contributed by atoms with van der Waals surface area (Å²) in [4.78, 5) is 0. The third-order valence-electron chi connectivity index (χ3n) is 12.0. The summed E-state index contributed by atoms with van der Waals surface area (Å²) in [6.07, 6.45) is 7.16.